The zero-order valence-corrected chi connectivity index (χ0v) is 18.2. The second kappa shape index (κ2) is 8.65. The number of carbonyl (C=O) groups excluding carboxylic acids is 1. The molecule has 2 aliphatic heterocycles. The number of rotatable bonds is 5. The molecule has 2 heterocycles. The third-order valence-corrected chi connectivity index (χ3v) is 7.14. The van der Waals surface area contributed by atoms with Gasteiger partial charge >= 0.3 is 0 Å². The van der Waals surface area contributed by atoms with Crippen LogP contribution in [0.2, 0.25) is 10.0 Å². The number of benzene rings is 2. The van der Waals surface area contributed by atoms with Crippen molar-refractivity contribution in [2.45, 2.75) is 37.3 Å². The zero-order chi connectivity index (χ0) is 20.4. The van der Waals surface area contributed by atoms with E-state index < -0.39 is 0 Å². The number of piperidine rings is 1. The molecule has 2 aromatic carbocycles. The highest BCUT2D eigenvalue weighted by Gasteiger charge is 2.41. The van der Waals surface area contributed by atoms with Gasteiger partial charge in [0.15, 0.2) is 0 Å². The van der Waals surface area contributed by atoms with Gasteiger partial charge in [0, 0.05) is 19.1 Å². The van der Waals surface area contributed by atoms with Crippen molar-refractivity contribution in [2.75, 3.05) is 26.7 Å². The lowest BCUT2D eigenvalue weighted by Crippen LogP contribution is -2.56. The highest BCUT2D eigenvalue weighted by molar-refractivity contribution is 6.42. The summed E-state index contributed by atoms with van der Waals surface area (Å²) >= 11 is 12.2. The highest BCUT2D eigenvalue weighted by Crippen LogP contribution is 2.38. The molecule has 0 radical (unpaired) electrons. The molecule has 6 heteroatoms. The van der Waals surface area contributed by atoms with Crippen molar-refractivity contribution >= 4 is 29.1 Å². The van der Waals surface area contributed by atoms with Crippen LogP contribution in [0, 0.1) is 0 Å². The molecule has 4 nitrogen and oxygen atoms in total. The Kier molecular flexibility index (Phi) is 6.16. The number of likely N-dealkylation sites (tertiary alicyclic amines) is 1. The lowest BCUT2D eigenvalue weighted by Gasteiger charge is -2.46. The summed E-state index contributed by atoms with van der Waals surface area (Å²) in [7, 11) is 1.98. The summed E-state index contributed by atoms with van der Waals surface area (Å²) in [4.78, 5) is 14.8. The van der Waals surface area contributed by atoms with E-state index in [1.807, 2.05) is 31.3 Å². The summed E-state index contributed by atoms with van der Waals surface area (Å²) in [5.74, 6) is 0.145. The summed E-state index contributed by atoms with van der Waals surface area (Å²) in [6, 6.07) is 14.5. The summed E-state index contributed by atoms with van der Waals surface area (Å²) in [5, 5.41) is 7.89. The average Bonchev–Trinajstić information content (AvgIpc) is 2.72. The number of nitrogens with zero attached hydrogens (tertiary/aromatic N) is 1. The van der Waals surface area contributed by atoms with E-state index in [4.69, 9.17) is 23.2 Å². The number of carbonyl (C=O) groups is 1. The van der Waals surface area contributed by atoms with Gasteiger partial charge in [-0.1, -0.05) is 53.5 Å². The highest BCUT2D eigenvalue weighted by atomic mass is 35.5. The number of halogens is 2. The Morgan fingerprint density at radius 2 is 1.90 bits per heavy atom. The molecule has 154 valence electrons. The van der Waals surface area contributed by atoms with Gasteiger partial charge < -0.3 is 15.5 Å². The second-order valence-corrected chi connectivity index (χ2v) is 8.92. The van der Waals surface area contributed by atoms with Crippen LogP contribution in [-0.4, -0.2) is 37.5 Å². The van der Waals surface area contributed by atoms with E-state index in [1.54, 1.807) is 0 Å². The second-order valence-electron chi connectivity index (χ2n) is 8.11. The Balaban J connectivity index is 1.39. The van der Waals surface area contributed by atoms with Gasteiger partial charge in [0.1, 0.15) is 0 Å². The van der Waals surface area contributed by atoms with Crippen LogP contribution in [0.3, 0.4) is 0 Å². The largest absolute Gasteiger partial charge is 0.346 e. The number of hydrogen-bond acceptors (Lipinski definition) is 3. The third-order valence-electron chi connectivity index (χ3n) is 6.40. The minimum absolute atomic E-state index is 0.145. The molecule has 2 aromatic rings. The van der Waals surface area contributed by atoms with Crippen LogP contribution in [0.1, 0.15) is 42.0 Å². The van der Waals surface area contributed by atoms with Crippen molar-refractivity contribution in [3.63, 3.8) is 0 Å². The molecule has 1 spiro atoms. The fraction of sp³-hybridized carbons (Fsp3) is 0.435. The normalized spacial score (nSPS) is 19.6. The van der Waals surface area contributed by atoms with E-state index in [2.05, 4.69) is 33.7 Å². The maximum Gasteiger partial charge on any atom is 0.225 e. The van der Waals surface area contributed by atoms with Crippen LogP contribution in [0.15, 0.2) is 42.5 Å². The Morgan fingerprint density at radius 3 is 2.62 bits per heavy atom. The van der Waals surface area contributed by atoms with E-state index in [9.17, 15) is 4.79 Å². The monoisotopic (exact) mass is 431 g/mol. The van der Waals surface area contributed by atoms with E-state index in [-0.39, 0.29) is 17.5 Å². The van der Waals surface area contributed by atoms with Crippen LogP contribution in [-0.2, 0) is 16.8 Å². The lowest BCUT2D eigenvalue weighted by atomic mass is 9.75. The predicted octanol–water partition coefficient (Wildman–Crippen LogP) is 4.31. The number of hydrogen-bond donors (Lipinski definition) is 2. The minimum atomic E-state index is -0.200. The number of fused-ring (bicyclic) bond motifs is 2. The molecule has 1 unspecified atom stereocenters. The van der Waals surface area contributed by atoms with Crippen LogP contribution in [0.4, 0.5) is 0 Å². The average molecular weight is 432 g/mol. The molecule has 29 heavy (non-hydrogen) atoms. The maximum absolute atomic E-state index is 12.3. The summed E-state index contributed by atoms with van der Waals surface area (Å²) in [6.45, 7) is 2.95. The molecule has 0 aromatic heterocycles. The topological polar surface area (TPSA) is 44.4 Å². The smallest absolute Gasteiger partial charge is 0.225 e. The summed E-state index contributed by atoms with van der Waals surface area (Å²) in [5.41, 5.74) is 3.45. The Morgan fingerprint density at radius 1 is 1.14 bits per heavy atom. The quantitative estimate of drug-likeness (QED) is 0.740. The van der Waals surface area contributed by atoms with Crippen LogP contribution in [0.25, 0.3) is 0 Å². The first-order valence-electron chi connectivity index (χ1n) is 10.2. The van der Waals surface area contributed by atoms with Crippen LogP contribution < -0.4 is 10.6 Å². The molecule has 0 saturated carbocycles. The fourth-order valence-electron chi connectivity index (χ4n) is 4.76. The molecule has 4 rings (SSSR count). The SMILES string of the molecule is CNC(CCN1CCC2(CC1)NC(=O)Cc1ccccc12)c1ccc(Cl)c(Cl)c1. The molecular weight excluding hydrogens is 405 g/mol. The van der Waals surface area contributed by atoms with Crippen molar-refractivity contribution in [3.05, 3.63) is 69.2 Å². The van der Waals surface area contributed by atoms with Gasteiger partial charge in [0.2, 0.25) is 5.91 Å². The Hall–Kier alpha value is -1.59. The molecule has 1 saturated heterocycles. The number of amides is 1. The van der Waals surface area contributed by atoms with Crippen molar-refractivity contribution < 1.29 is 4.79 Å². The molecule has 0 bridgehead atoms. The molecular formula is C23H27Cl2N3O. The molecule has 0 aliphatic carbocycles. The van der Waals surface area contributed by atoms with Gasteiger partial charge in [-0.3, -0.25) is 4.79 Å². The van der Waals surface area contributed by atoms with E-state index in [1.165, 1.54) is 11.1 Å². The zero-order valence-electron chi connectivity index (χ0n) is 16.7. The van der Waals surface area contributed by atoms with Crippen LogP contribution >= 0.6 is 23.2 Å². The van der Waals surface area contributed by atoms with Crippen molar-refractivity contribution in [1.82, 2.24) is 15.5 Å². The summed E-state index contributed by atoms with van der Waals surface area (Å²) < 4.78 is 0. The van der Waals surface area contributed by atoms with Crippen molar-refractivity contribution in [1.29, 1.82) is 0 Å². The van der Waals surface area contributed by atoms with Crippen molar-refractivity contribution in [2.24, 2.45) is 0 Å². The Labute approximate surface area is 182 Å². The fourth-order valence-corrected chi connectivity index (χ4v) is 5.07. The van der Waals surface area contributed by atoms with Crippen molar-refractivity contribution in [3.8, 4) is 0 Å². The van der Waals surface area contributed by atoms with E-state index in [0.717, 1.165) is 44.5 Å². The first kappa shape index (κ1) is 20.7. The summed E-state index contributed by atoms with van der Waals surface area (Å²) in [6.07, 6.45) is 3.39. The Bertz CT molecular complexity index is 893. The first-order valence-corrected chi connectivity index (χ1v) is 11.0. The van der Waals surface area contributed by atoms with Gasteiger partial charge in [0.25, 0.3) is 0 Å². The van der Waals surface area contributed by atoms with E-state index >= 15 is 0 Å². The molecule has 1 fully saturated rings. The molecule has 2 N–H and O–H groups in total. The van der Waals surface area contributed by atoms with Crippen LogP contribution in [0.5, 0.6) is 0 Å². The first-order chi connectivity index (χ1) is 14.0. The third kappa shape index (κ3) is 4.31. The minimum Gasteiger partial charge on any atom is -0.346 e. The molecule has 2 aliphatic rings. The van der Waals surface area contributed by atoms with Gasteiger partial charge in [-0.15, -0.1) is 0 Å². The predicted molar refractivity (Wildman–Crippen MR) is 119 cm³/mol. The van der Waals surface area contributed by atoms with E-state index in [0.29, 0.717) is 16.5 Å². The van der Waals surface area contributed by atoms with Gasteiger partial charge in [-0.25, -0.2) is 0 Å². The van der Waals surface area contributed by atoms with Gasteiger partial charge in [0.05, 0.1) is 22.0 Å². The molecule has 1 atom stereocenters. The maximum atomic E-state index is 12.3. The van der Waals surface area contributed by atoms with Gasteiger partial charge in [-0.2, -0.15) is 0 Å². The lowest BCUT2D eigenvalue weighted by molar-refractivity contribution is -0.124. The van der Waals surface area contributed by atoms with Gasteiger partial charge in [-0.05, 0) is 61.7 Å². The standard InChI is InChI=1S/C23H27Cl2N3O/c1-26-21(17-6-7-19(24)20(25)14-17)8-11-28-12-9-23(10-13-28)18-5-3-2-4-16(18)15-22(29)27-23/h2-7,14,21,26H,8-13,15H2,1H3,(H,27,29). The molecule has 1 amide bonds. The number of nitrogens with one attached hydrogen (secondary N) is 2.